The Morgan fingerprint density at radius 3 is 2.58 bits per heavy atom. The van der Waals surface area contributed by atoms with Crippen molar-refractivity contribution in [2.24, 2.45) is 0 Å². The molecule has 0 bridgehead atoms. The van der Waals surface area contributed by atoms with Gasteiger partial charge < -0.3 is 15.7 Å². The van der Waals surface area contributed by atoms with Crippen molar-refractivity contribution in [3.8, 4) is 11.4 Å². The first-order valence-electron chi connectivity index (χ1n) is 14.2. The molecule has 3 heterocycles. The summed E-state index contributed by atoms with van der Waals surface area (Å²) in [5, 5.41) is 14.6. The number of hydrogen-bond acceptors (Lipinski definition) is 8. The molecule has 0 spiro atoms. The molecule has 1 amide bonds. The van der Waals surface area contributed by atoms with Crippen LogP contribution in [0.1, 0.15) is 62.8 Å². The number of carbonyl (C=O) groups is 1. The van der Waals surface area contributed by atoms with Gasteiger partial charge in [0.1, 0.15) is 24.3 Å². The molecule has 1 aliphatic heterocycles. The zero-order valence-electron chi connectivity index (χ0n) is 23.3. The van der Waals surface area contributed by atoms with Crippen molar-refractivity contribution < 1.29 is 14.3 Å². The Bertz CT molecular complexity index is 1820. The number of amides is 1. The molecule has 3 aromatic carbocycles. The van der Waals surface area contributed by atoms with Gasteiger partial charge in [-0.3, -0.25) is 4.79 Å². The number of aromatic nitrogens is 6. The number of nitrogens with two attached hydrogens (primary N) is 1. The summed E-state index contributed by atoms with van der Waals surface area (Å²) in [6, 6.07) is 16.8. The minimum Gasteiger partial charge on any atom is -0.392 e. The van der Waals surface area contributed by atoms with Gasteiger partial charge in [-0.1, -0.05) is 42.5 Å². The van der Waals surface area contributed by atoms with E-state index in [0.717, 1.165) is 35.1 Å². The zero-order valence-corrected chi connectivity index (χ0v) is 23.3. The van der Waals surface area contributed by atoms with Crippen LogP contribution in [0.2, 0.25) is 0 Å². The lowest BCUT2D eigenvalue weighted by atomic mass is 9.93. The topological polar surface area (TPSA) is 136 Å². The molecular formula is C32H29FN8O2. The summed E-state index contributed by atoms with van der Waals surface area (Å²) in [5.74, 6) is 0.300. The van der Waals surface area contributed by atoms with E-state index in [9.17, 15) is 9.90 Å². The number of aliphatic hydroxyl groups excluding tert-OH is 1. The number of rotatable bonds is 8. The first kappa shape index (κ1) is 26.8. The fourth-order valence-corrected chi connectivity index (χ4v) is 5.76. The number of nitrogen functional groups attached to an aromatic ring is 1. The summed E-state index contributed by atoms with van der Waals surface area (Å²) in [6.07, 6.45) is 6.23. The van der Waals surface area contributed by atoms with E-state index in [-0.39, 0.29) is 18.1 Å². The standard InChI is InChI=1S/C32H29FN8O2/c33-26-14-23(21-8-9-21)13-22-10-11-41(31(43)29(22)26)27-3-1-2-24(25(27)16-42)30-37-28(38-32(34)39-30)12-19-4-6-20(7-5-19)15-40-18-35-17-36-40/h1-7,13-14,17-18,21,42H,8-12,15-16H2,(H2,34,37,38,39). The lowest BCUT2D eigenvalue weighted by molar-refractivity contribution is 0.0976. The number of nitrogens with zero attached hydrogens (tertiary/aromatic N) is 7. The first-order valence-corrected chi connectivity index (χ1v) is 14.2. The van der Waals surface area contributed by atoms with Crippen LogP contribution < -0.4 is 10.6 Å². The molecule has 11 heteroatoms. The van der Waals surface area contributed by atoms with E-state index in [4.69, 9.17) is 5.73 Å². The third-order valence-electron chi connectivity index (χ3n) is 8.04. The Labute approximate surface area is 247 Å². The van der Waals surface area contributed by atoms with E-state index in [1.54, 1.807) is 29.2 Å². The lowest BCUT2D eigenvalue weighted by Crippen LogP contribution is -2.39. The van der Waals surface area contributed by atoms with Crippen molar-refractivity contribution in [3.63, 3.8) is 0 Å². The van der Waals surface area contributed by atoms with Crippen molar-refractivity contribution in [1.82, 2.24) is 29.7 Å². The molecule has 0 unspecified atom stereocenters. The Balaban J connectivity index is 1.17. The number of benzene rings is 3. The van der Waals surface area contributed by atoms with Crippen LogP contribution in [0, 0.1) is 5.82 Å². The minimum absolute atomic E-state index is 0.0496. The Morgan fingerprint density at radius 2 is 1.84 bits per heavy atom. The van der Waals surface area contributed by atoms with Crippen LogP contribution in [0.3, 0.4) is 0 Å². The van der Waals surface area contributed by atoms with Gasteiger partial charge in [0.15, 0.2) is 5.82 Å². The van der Waals surface area contributed by atoms with Crippen LogP contribution in [0.4, 0.5) is 16.0 Å². The monoisotopic (exact) mass is 576 g/mol. The molecule has 7 rings (SSSR count). The Hall–Kier alpha value is -5.03. The fraction of sp³-hybridized carbons (Fsp3) is 0.250. The third-order valence-corrected chi connectivity index (χ3v) is 8.04. The van der Waals surface area contributed by atoms with E-state index < -0.39 is 11.7 Å². The molecule has 0 atom stereocenters. The third kappa shape index (κ3) is 5.35. The van der Waals surface area contributed by atoms with Crippen LogP contribution in [-0.2, 0) is 26.0 Å². The number of aliphatic hydroxyl groups is 1. The molecule has 1 fully saturated rings. The van der Waals surface area contributed by atoms with Gasteiger partial charge in [0, 0.05) is 24.1 Å². The van der Waals surface area contributed by atoms with Gasteiger partial charge in [0.2, 0.25) is 5.95 Å². The maximum Gasteiger partial charge on any atom is 0.261 e. The molecular weight excluding hydrogens is 547 g/mol. The molecule has 0 radical (unpaired) electrons. The summed E-state index contributed by atoms with van der Waals surface area (Å²) in [6.45, 7) is 0.607. The maximum atomic E-state index is 15.2. The van der Waals surface area contributed by atoms with Gasteiger partial charge in [-0.15, -0.1) is 0 Å². The summed E-state index contributed by atoms with van der Waals surface area (Å²) < 4.78 is 17.0. The average Bonchev–Trinajstić information content (AvgIpc) is 3.74. The smallest absolute Gasteiger partial charge is 0.261 e. The SMILES string of the molecule is Nc1nc(Cc2ccc(Cn3cncn3)cc2)nc(-c2cccc(N3CCc4cc(C5CC5)cc(F)c4C3=O)c2CO)n1. The second-order valence-corrected chi connectivity index (χ2v) is 11.0. The molecule has 43 heavy (non-hydrogen) atoms. The van der Waals surface area contributed by atoms with E-state index in [1.807, 2.05) is 30.3 Å². The maximum absolute atomic E-state index is 15.2. The number of halogens is 1. The van der Waals surface area contributed by atoms with Crippen LogP contribution in [0.25, 0.3) is 11.4 Å². The van der Waals surface area contributed by atoms with Crippen molar-refractivity contribution in [1.29, 1.82) is 0 Å². The molecule has 216 valence electrons. The van der Waals surface area contributed by atoms with Crippen LogP contribution in [0.5, 0.6) is 0 Å². The molecule has 2 aromatic heterocycles. The molecule has 1 aliphatic carbocycles. The second-order valence-electron chi connectivity index (χ2n) is 11.0. The molecule has 3 N–H and O–H groups in total. The lowest BCUT2D eigenvalue weighted by Gasteiger charge is -2.31. The van der Waals surface area contributed by atoms with Crippen molar-refractivity contribution in [2.45, 2.75) is 44.8 Å². The fourth-order valence-electron chi connectivity index (χ4n) is 5.76. The Morgan fingerprint density at radius 1 is 1.02 bits per heavy atom. The number of carbonyl (C=O) groups excluding carboxylic acids is 1. The molecule has 2 aliphatic rings. The largest absolute Gasteiger partial charge is 0.392 e. The molecule has 5 aromatic rings. The highest BCUT2D eigenvalue weighted by Gasteiger charge is 2.33. The predicted molar refractivity (Wildman–Crippen MR) is 158 cm³/mol. The summed E-state index contributed by atoms with van der Waals surface area (Å²) in [4.78, 5) is 32.5. The van der Waals surface area contributed by atoms with Crippen molar-refractivity contribution in [3.05, 3.63) is 112 Å². The van der Waals surface area contributed by atoms with Gasteiger partial charge >= 0.3 is 0 Å². The van der Waals surface area contributed by atoms with Crippen LogP contribution in [0.15, 0.2) is 67.3 Å². The number of hydrogen-bond donors (Lipinski definition) is 2. The highest BCUT2D eigenvalue weighted by Crippen LogP contribution is 2.42. The highest BCUT2D eigenvalue weighted by atomic mass is 19.1. The first-order chi connectivity index (χ1) is 21.0. The van der Waals surface area contributed by atoms with E-state index in [1.165, 1.54) is 17.3 Å². The number of fused-ring (bicyclic) bond motifs is 1. The van der Waals surface area contributed by atoms with Gasteiger partial charge in [-0.25, -0.2) is 19.0 Å². The quantitative estimate of drug-likeness (QED) is 0.282. The number of anilines is 2. The second kappa shape index (κ2) is 11.0. The summed E-state index contributed by atoms with van der Waals surface area (Å²) in [5.41, 5.74) is 11.5. The van der Waals surface area contributed by atoms with E-state index in [0.29, 0.717) is 60.3 Å². The Kier molecular flexibility index (Phi) is 6.86. The highest BCUT2D eigenvalue weighted by molar-refractivity contribution is 6.09. The van der Waals surface area contributed by atoms with Gasteiger partial charge in [0.05, 0.1) is 24.4 Å². The van der Waals surface area contributed by atoms with E-state index in [2.05, 4.69) is 25.0 Å². The zero-order chi connectivity index (χ0) is 29.5. The van der Waals surface area contributed by atoms with Gasteiger partial charge in [-0.05, 0) is 59.6 Å². The average molecular weight is 577 g/mol. The van der Waals surface area contributed by atoms with Gasteiger partial charge in [0.25, 0.3) is 5.91 Å². The van der Waals surface area contributed by atoms with Crippen LogP contribution in [-0.4, -0.2) is 47.3 Å². The summed E-state index contributed by atoms with van der Waals surface area (Å²) >= 11 is 0. The van der Waals surface area contributed by atoms with Crippen molar-refractivity contribution in [2.75, 3.05) is 17.2 Å². The van der Waals surface area contributed by atoms with Crippen LogP contribution >= 0.6 is 0 Å². The van der Waals surface area contributed by atoms with Crippen molar-refractivity contribution >= 4 is 17.5 Å². The normalized spacial score (nSPS) is 14.7. The predicted octanol–water partition coefficient (Wildman–Crippen LogP) is 4.06. The minimum atomic E-state index is -0.489. The molecule has 1 saturated carbocycles. The van der Waals surface area contributed by atoms with Gasteiger partial charge in [-0.2, -0.15) is 15.1 Å². The molecule has 10 nitrogen and oxygen atoms in total. The van der Waals surface area contributed by atoms with E-state index >= 15 is 4.39 Å². The molecule has 0 saturated heterocycles. The summed E-state index contributed by atoms with van der Waals surface area (Å²) in [7, 11) is 0.